The van der Waals surface area contributed by atoms with Crippen LogP contribution in [0.2, 0.25) is 0 Å². The summed E-state index contributed by atoms with van der Waals surface area (Å²) in [7, 11) is 1.71. The number of ether oxygens (including phenoxy) is 1. The predicted octanol–water partition coefficient (Wildman–Crippen LogP) is 2.22. The van der Waals surface area contributed by atoms with Gasteiger partial charge >= 0.3 is 0 Å². The maximum absolute atomic E-state index is 12.3. The van der Waals surface area contributed by atoms with Crippen molar-refractivity contribution in [2.75, 3.05) is 25.6 Å². The van der Waals surface area contributed by atoms with Crippen LogP contribution in [0.15, 0.2) is 24.3 Å². The molecule has 0 aliphatic rings. The molecule has 2 amide bonds. The van der Waals surface area contributed by atoms with E-state index in [9.17, 15) is 9.18 Å². The summed E-state index contributed by atoms with van der Waals surface area (Å²) < 4.78 is 18.0. The fraction of sp³-hybridized carbons (Fsp3) is 0.333. The Labute approximate surface area is 151 Å². The molecule has 2 aromatic rings. The number of rotatable bonds is 8. The minimum absolute atomic E-state index is 0.250. The molecule has 2 rings (SSSR count). The average molecular weight is 364 g/mol. The number of amides is 2. The molecule has 0 bridgehead atoms. The van der Waals surface area contributed by atoms with Crippen molar-refractivity contribution in [1.29, 1.82) is 0 Å². The highest BCUT2D eigenvalue weighted by molar-refractivity contribution is 5.99. The van der Waals surface area contributed by atoms with E-state index in [1.54, 1.807) is 13.1 Å². The number of carbonyl (C=O) groups excluding carboxylic acids is 2. The van der Waals surface area contributed by atoms with Crippen molar-refractivity contribution in [2.45, 2.75) is 19.8 Å². The number of aromatic nitrogens is 1. The van der Waals surface area contributed by atoms with E-state index in [1.165, 1.54) is 0 Å². The zero-order chi connectivity index (χ0) is 19.5. The summed E-state index contributed by atoms with van der Waals surface area (Å²) >= 11 is 0. The highest BCUT2D eigenvalue weighted by Gasteiger charge is 2.16. The van der Waals surface area contributed by atoms with Gasteiger partial charge in [0.15, 0.2) is 0 Å². The van der Waals surface area contributed by atoms with Gasteiger partial charge in [-0.15, -0.1) is 0 Å². The zero-order valence-electron chi connectivity index (χ0n) is 15.0. The van der Waals surface area contributed by atoms with E-state index in [1.807, 2.05) is 18.2 Å². The number of halogens is 1. The molecule has 26 heavy (non-hydrogen) atoms. The maximum Gasteiger partial charge on any atom is 0.252 e. The number of aromatic amines is 1. The number of benzene rings is 1. The fourth-order valence-corrected chi connectivity index (χ4v) is 2.36. The van der Waals surface area contributed by atoms with Crippen molar-refractivity contribution in [1.82, 2.24) is 4.98 Å². The first-order valence-corrected chi connectivity index (χ1v) is 8.20. The Balaban J connectivity index is 0.00000105. The van der Waals surface area contributed by atoms with E-state index in [0.29, 0.717) is 30.2 Å². The monoisotopic (exact) mass is 364 g/mol. The molecule has 142 valence electrons. The van der Waals surface area contributed by atoms with Gasteiger partial charge in [0.2, 0.25) is 6.41 Å². The van der Waals surface area contributed by atoms with Crippen molar-refractivity contribution in [3.63, 3.8) is 0 Å². The molecule has 7 nitrogen and oxygen atoms in total. The number of hydrogen-bond acceptors (Lipinski definition) is 4. The van der Waals surface area contributed by atoms with Gasteiger partial charge in [-0.1, -0.05) is 13.0 Å². The molecule has 8 heteroatoms. The minimum atomic E-state index is -0.511. The largest absolute Gasteiger partial charge is 0.493 e. The van der Waals surface area contributed by atoms with Crippen molar-refractivity contribution in [3.05, 3.63) is 35.4 Å². The molecule has 0 atom stereocenters. The van der Waals surface area contributed by atoms with Crippen molar-refractivity contribution < 1.29 is 18.7 Å². The molecule has 1 heterocycles. The molecule has 0 saturated heterocycles. The van der Waals surface area contributed by atoms with Crippen LogP contribution in [0, 0.1) is 0 Å². The second-order valence-corrected chi connectivity index (χ2v) is 5.30. The van der Waals surface area contributed by atoms with Gasteiger partial charge in [0, 0.05) is 19.0 Å². The first-order chi connectivity index (χ1) is 12.5. The van der Waals surface area contributed by atoms with Gasteiger partial charge in [0.25, 0.3) is 5.91 Å². The maximum atomic E-state index is 12.3. The van der Waals surface area contributed by atoms with E-state index >= 15 is 0 Å². The third-order valence-corrected chi connectivity index (χ3v) is 3.61. The standard InChI is InChI=1S/C17H22FN3O2.CH3NO/c1-3-11-5-6-15(23-8-4-7-18)12(9-11)14-10-13(16(19)22)17(20-2)21-14;2-1-3/h5-6,9-10,20-21H,3-4,7-8H2,1-2H3,(H2,19,22);1H,(H2,2,3). The second-order valence-electron chi connectivity index (χ2n) is 5.30. The highest BCUT2D eigenvalue weighted by Crippen LogP contribution is 2.33. The number of carbonyl (C=O) groups is 2. The molecular formula is C18H25FN4O3. The smallest absolute Gasteiger partial charge is 0.252 e. The zero-order valence-corrected chi connectivity index (χ0v) is 15.0. The Hall–Kier alpha value is -3.03. The summed E-state index contributed by atoms with van der Waals surface area (Å²) in [5.74, 6) is 0.697. The van der Waals surface area contributed by atoms with E-state index in [0.717, 1.165) is 23.2 Å². The summed E-state index contributed by atoms with van der Waals surface area (Å²) in [5, 5.41) is 2.92. The Kier molecular flexibility index (Phi) is 8.69. The number of primary amides is 2. The average Bonchev–Trinajstić information content (AvgIpc) is 3.07. The first-order valence-electron chi connectivity index (χ1n) is 8.20. The Morgan fingerprint density at radius 2 is 2.08 bits per heavy atom. The molecule has 0 fully saturated rings. The Bertz CT molecular complexity index is 731. The Morgan fingerprint density at radius 1 is 1.38 bits per heavy atom. The normalized spacial score (nSPS) is 9.81. The third-order valence-electron chi connectivity index (χ3n) is 3.61. The van der Waals surface area contributed by atoms with Crippen LogP contribution in [-0.2, 0) is 11.2 Å². The first kappa shape index (κ1) is 21.0. The van der Waals surface area contributed by atoms with Gasteiger partial charge in [-0.25, -0.2) is 0 Å². The van der Waals surface area contributed by atoms with Crippen LogP contribution in [-0.4, -0.2) is 37.6 Å². The van der Waals surface area contributed by atoms with E-state index < -0.39 is 12.6 Å². The molecule has 1 aromatic heterocycles. The number of nitrogens with one attached hydrogen (secondary N) is 2. The van der Waals surface area contributed by atoms with Gasteiger partial charge in [-0.05, 0) is 30.2 Å². The van der Waals surface area contributed by atoms with Crippen LogP contribution in [0.4, 0.5) is 10.2 Å². The lowest BCUT2D eigenvalue weighted by Crippen LogP contribution is -2.11. The van der Waals surface area contributed by atoms with Gasteiger partial charge < -0.3 is 26.5 Å². The number of nitrogens with two attached hydrogens (primary N) is 2. The fourth-order valence-electron chi connectivity index (χ4n) is 2.36. The van der Waals surface area contributed by atoms with Crippen LogP contribution in [0.25, 0.3) is 11.3 Å². The number of H-pyrrole nitrogens is 1. The molecule has 0 saturated carbocycles. The van der Waals surface area contributed by atoms with Crippen LogP contribution < -0.4 is 21.5 Å². The molecular weight excluding hydrogens is 339 g/mol. The van der Waals surface area contributed by atoms with E-state index in [-0.39, 0.29) is 6.41 Å². The van der Waals surface area contributed by atoms with Crippen molar-refractivity contribution in [2.24, 2.45) is 11.5 Å². The predicted molar refractivity (Wildman–Crippen MR) is 100 cm³/mol. The SMILES string of the molecule is CCc1ccc(OCCCF)c(-c2cc(C(N)=O)c(NC)[nH]2)c1.NC=O. The number of hydrogen-bond donors (Lipinski definition) is 4. The summed E-state index contributed by atoms with van der Waals surface area (Å²) in [6.07, 6.45) is 1.47. The summed E-state index contributed by atoms with van der Waals surface area (Å²) in [6, 6.07) is 7.55. The molecule has 1 aromatic carbocycles. The van der Waals surface area contributed by atoms with E-state index in [4.69, 9.17) is 15.3 Å². The minimum Gasteiger partial charge on any atom is -0.493 e. The van der Waals surface area contributed by atoms with Crippen LogP contribution in [0.1, 0.15) is 29.3 Å². The number of aryl methyl sites for hydroxylation is 1. The van der Waals surface area contributed by atoms with Crippen LogP contribution in [0.5, 0.6) is 5.75 Å². The van der Waals surface area contributed by atoms with Gasteiger partial charge in [-0.3, -0.25) is 14.0 Å². The highest BCUT2D eigenvalue weighted by atomic mass is 19.1. The quantitative estimate of drug-likeness (QED) is 0.423. The summed E-state index contributed by atoms with van der Waals surface area (Å²) in [4.78, 5) is 23.3. The lowest BCUT2D eigenvalue weighted by atomic mass is 10.0. The van der Waals surface area contributed by atoms with Crippen molar-refractivity contribution >= 4 is 18.1 Å². The summed E-state index contributed by atoms with van der Waals surface area (Å²) in [5.41, 5.74) is 12.7. The molecule has 0 aliphatic heterocycles. The van der Waals surface area contributed by atoms with Crippen LogP contribution in [0.3, 0.4) is 0 Å². The van der Waals surface area contributed by atoms with Crippen molar-refractivity contribution in [3.8, 4) is 17.0 Å². The Morgan fingerprint density at radius 3 is 2.58 bits per heavy atom. The third kappa shape index (κ3) is 5.51. The topological polar surface area (TPSA) is 123 Å². The molecule has 0 radical (unpaired) electrons. The van der Waals surface area contributed by atoms with Gasteiger partial charge in [0.1, 0.15) is 11.6 Å². The van der Waals surface area contributed by atoms with Crippen LogP contribution >= 0.6 is 0 Å². The molecule has 6 N–H and O–H groups in total. The van der Waals surface area contributed by atoms with E-state index in [2.05, 4.69) is 23.0 Å². The molecule has 0 spiro atoms. The molecule has 0 aliphatic carbocycles. The molecule has 0 unspecified atom stereocenters. The number of alkyl halides is 1. The number of anilines is 1. The van der Waals surface area contributed by atoms with Gasteiger partial charge in [0.05, 0.1) is 24.5 Å². The second kappa shape index (κ2) is 10.8. The van der Waals surface area contributed by atoms with Gasteiger partial charge in [-0.2, -0.15) is 0 Å². The summed E-state index contributed by atoms with van der Waals surface area (Å²) in [6.45, 7) is 1.95. The lowest BCUT2D eigenvalue weighted by Gasteiger charge is -2.12. The lowest BCUT2D eigenvalue weighted by molar-refractivity contribution is -0.106.